The molecule has 3 rings (SSSR count). The van der Waals surface area contributed by atoms with Crippen LogP contribution in [0.15, 0.2) is 23.0 Å². The molecule has 1 fully saturated rings. The quantitative estimate of drug-likeness (QED) is 0.609. The van der Waals surface area contributed by atoms with Crippen LogP contribution in [0.1, 0.15) is 43.4 Å². The Labute approximate surface area is 191 Å². The molecule has 7 heteroatoms. The van der Waals surface area contributed by atoms with Crippen LogP contribution >= 0.6 is 12.2 Å². The summed E-state index contributed by atoms with van der Waals surface area (Å²) in [6.45, 7) is 14.3. The van der Waals surface area contributed by atoms with Gasteiger partial charge < -0.3 is 19.9 Å². The van der Waals surface area contributed by atoms with E-state index in [4.69, 9.17) is 17.0 Å². The van der Waals surface area contributed by atoms with Gasteiger partial charge in [0.1, 0.15) is 0 Å². The molecule has 2 aromatic rings. The Morgan fingerprint density at radius 1 is 1.29 bits per heavy atom. The Kier molecular flexibility index (Phi) is 8.46. The van der Waals surface area contributed by atoms with Crippen molar-refractivity contribution in [2.24, 2.45) is 0 Å². The van der Waals surface area contributed by atoms with Crippen LogP contribution in [0.3, 0.4) is 0 Å². The van der Waals surface area contributed by atoms with Gasteiger partial charge in [0.05, 0.1) is 25.3 Å². The zero-order valence-electron chi connectivity index (χ0n) is 19.3. The van der Waals surface area contributed by atoms with E-state index in [0.717, 1.165) is 79.4 Å². The first-order chi connectivity index (χ1) is 14.9. The normalized spacial score (nSPS) is 15.7. The van der Waals surface area contributed by atoms with Crippen molar-refractivity contribution >= 4 is 28.2 Å². The Bertz CT molecular complexity index is 952. The predicted molar refractivity (Wildman–Crippen MR) is 132 cm³/mol. The lowest BCUT2D eigenvalue weighted by atomic mass is 10.1. The molecule has 1 atom stereocenters. The number of aryl methyl sites for hydroxylation is 2. The minimum absolute atomic E-state index is 0.0380. The second-order valence-electron chi connectivity index (χ2n) is 8.66. The SMILES string of the molecule is CC[C@H](C)NC(=S)N(CCCN1CCOCC1)Cc1cc2cc(C)cc(C)c2[nH]c1=O. The Hall–Kier alpha value is -1.96. The van der Waals surface area contributed by atoms with E-state index in [1.165, 1.54) is 5.56 Å². The molecule has 170 valence electrons. The summed E-state index contributed by atoms with van der Waals surface area (Å²) in [4.78, 5) is 20.5. The smallest absolute Gasteiger partial charge is 0.253 e. The van der Waals surface area contributed by atoms with E-state index in [0.29, 0.717) is 12.6 Å². The molecule has 1 aromatic carbocycles. The number of nitrogens with one attached hydrogen (secondary N) is 2. The molecule has 2 heterocycles. The maximum atomic E-state index is 12.9. The van der Waals surface area contributed by atoms with E-state index in [9.17, 15) is 4.79 Å². The van der Waals surface area contributed by atoms with Gasteiger partial charge in [0.2, 0.25) is 0 Å². The minimum atomic E-state index is -0.0380. The first kappa shape index (κ1) is 23.7. The standard InChI is InChI=1S/C24H36N4O2S/c1-5-19(4)25-24(31)28(8-6-7-27-9-11-30-12-10-27)16-21-15-20-14-17(2)13-18(3)22(20)26-23(21)29/h13-15,19H,5-12,16H2,1-4H3,(H,25,31)(H,26,29)/t19-/m0/s1. The van der Waals surface area contributed by atoms with Gasteiger partial charge in [0.15, 0.2) is 5.11 Å². The van der Waals surface area contributed by atoms with Crippen molar-refractivity contribution in [1.29, 1.82) is 0 Å². The molecule has 6 nitrogen and oxygen atoms in total. The second kappa shape index (κ2) is 11.1. The largest absolute Gasteiger partial charge is 0.379 e. The third kappa shape index (κ3) is 6.51. The maximum Gasteiger partial charge on any atom is 0.253 e. The number of nitrogens with zero attached hydrogens (tertiary/aromatic N) is 2. The van der Waals surface area contributed by atoms with Gasteiger partial charge in [-0.05, 0) is 68.9 Å². The summed E-state index contributed by atoms with van der Waals surface area (Å²) in [5, 5.41) is 5.21. The molecule has 0 amide bonds. The third-order valence-electron chi connectivity index (χ3n) is 6.01. The van der Waals surface area contributed by atoms with Crippen molar-refractivity contribution in [1.82, 2.24) is 20.1 Å². The molecule has 1 saturated heterocycles. The lowest BCUT2D eigenvalue weighted by Gasteiger charge is -2.30. The van der Waals surface area contributed by atoms with Crippen molar-refractivity contribution in [2.45, 2.75) is 53.1 Å². The summed E-state index contributed by atoms with van der Waals surface area (Å²) in [5.41, 5.74) is 3.91. The average molecular weight is 445 g/mol. The summed E-state index contributed by atoms with van der Waals surface area (Å²) in [6.07, 6.45) is 1.99. The molecule has 0 radical (unpaired) electrons. The number of rotatable bonds is 8. The molecular weight excluding hydrogens is 408 g/mol. The molecule has 1 aromatic heterocycles. The third-order valence-corrected chi connectivity index (χ3v) is 6.38. The number of hydrogen-bond acceptors (Lipinski definition) is 4. The van der Waals surface area contributed by atoms with Gasteiger partial charge in [0.25, 0.3) is 5.56 Å². The Balaban J connectivity index is 1.77. The molecular formula is C24H36N4O2S. The van der Waals surface area contributed by atoms with Crippen molar-refractivity contribution in [3.05, 3.63) is 45.2 Å². The molecule has 1 aliphatic heterocycles. The lowest BCUT2D eigenvalue weighted by Crippen LogP contribution is -2.45. The molecule has 0 aliphatic carbocycles. The van der Waals surface area contributed by atoms with Crippen LogP contribution < -0.4 is 10.9 Å². The highest BCUT2D eigenvalue weighted by molar-refractivity contribution is 7.80. The number of aromatic amines is 1. The minimum Gasteiger partial charge on any atom is -0.379 e. The number of H-pyrrole nitrogens is 1. The molecule has 0 saturated carbocycles. The average Bonchev–Trinajstić information content (AvgIpc) is 2.74. The number of hydrogen-bond donors (Lipinski definition) is 2. The molecule has 0 bridgehead atoms. The molecule has 0 unspecified atom stereocenters. The highest BCUT2D eigenvalue weighted by Gasteiger charge is 2.16. The van der Waals surface area contributed by atoms with E-state index < -0.39 is 0 Å². The molecule has 0 spiro atoms. The predicted octanol–water partition coefficient (Wildman–Crippen LogP) is 3.34. The fraction of sp³-hybridized carbons (Fsp3) is 0.583. The Morgan fingerprint density at radius 2 is 2.03 bits per heavy atom. The van der Waals surface area contributed by atoms with E-state index >= 15 is 0 Å². The van der Waals surface area contributed by atoms with Gasteiger partial charge >= 0.3 is 0 Å². The van der Waals surface area contributed by atoms with Gasteiger partial charge in [0, 0.05) is 37.8 Å². The van der Waals surface area contributed by atoms with E-state index in [-0.39, 0.29) is 5.56 Å². The highest BCUT2D eigenvalue weighted by Crippen LogP contribution is 2.18. The van der Waals surface area contributed by atoms with Gasteiger partial charge in [-0.3, -0.25) is 9.69 Å². The number of thiocarbonyl (C=S) groups is 1. The van der Waals surface area contributed by atoms with E-state index in [1.807, 2.05) is 13.0 Å². The van der Waals surface area contributed by atoms with Crippen molar-refractivity contribution in [3.63, 3.8) is 0 Å². The van der Waals surface area contributed by atoms with Crippen LogP contribution in [0.25, 0.3) is 10.9 Å². The lowest BCUT2D eigenvalue weighted by molar-refractivity contribution is 0.0367. The number of benzene rings is 1. The van der Waals surface area contributed by atoms with Crippen LogP contribution in [0, 0.1) is 13.8 Å². The Morgan fingerprint density at radius 3 is 2.74 bits per heavy atom. The number of aromatic nitrogens is 1. The van der Waals surface area contributed by atoms with Gasteiger partial charge in [-0.2, -0.15) is 0 Å². The second-order valence-corrected chi connectivity index (χ2v) is 9.04. The van der Waals surface area contributed by atoms with Crippen LogP contribution in [-0.2, 0) is 11.3 Å². The summed E-state index contributed by atoms with van der Waals surface area (Å²) < 4.78 is 5.44. The van der Waals surface area contributed by atoms with Gasteiger partial charge in [-0.15, -0.1) is 0 Å². The van der Waals surface area contributed by atoms with Crippen molar-refractivity contribution < 1.29 is 4.74 Å². The number of pyridine rings is 1. The molecule has 1 aliphatic rings. The summed E-state index contributed by atoms with van der Waals surface area (Å²) in [6, 6.07) is 6.55. The van der Waals surface area contributed by atoms with Crippen LogP contribution in [0.5, 0.6) is 0 Å². The van der Waals surface area contributed by atoms with E-state index in [1.54, 1.807) is 0 Å². The molecule has 2 N–H and O–H groups in total. The zero-order chi connectivity index (χ0) is 22.4. The summed E-state index contributed by atoms with van der Waals surface area (Å²) in [5.74, 6) is 0. The van der Waals surface area contributed by atoms with Crippen LogP contribution in [-0.4, -0.2) is 65.3 Å². The molecule has 31 heavy (non-hydrogen) atoms. The monoisotopic (exact) mass is 444 g/mol. The fourth-order valence-corrected chi connectivity index (χ4v) is 4.38. The first-order valence-corrected chi connectivity index (χ1v) is 11.8. The maximum absolute atomic E-state index is 12.9. The van der Waals surface area contributed by atoms with Gasteiger partial charge in [-0.1, -0.05) is 18.6 Å². The van der Waals surface area contributed by atoms with E-state index in [2.05, 4.69) is 53.0 Å². The number of fused-ring (bicyclic) bond motifs is 1. The van der Waals surface area contributed by atoms with Gasteiger partial charge in [-0.25, -0.2) is 0 Å². The number of ether oxygens (including phenoxy) is 1. The topological polar surface area (TPSA) is 60.6 Å². The van der Waals surface area contributed by atoms with Crippen LogP contribution in [0.2, 0.25) is 0 Å². The summed E-state index contributed by atoms with van der Waals surface area (Å²) >= 11 is 5.74. The van der Waals surface area contributed by atoms with Crippen LogP contribution in [0.4, 0.5) is 0 Å². The highest BCUT2D eigenvalue weighted by atomic mass is 32.1. The fourth-order valence-electron chi connectivity index (χ4n) is 4.02. The zero-order valence-corrected chi connectivity index (χ0v) is 20.1. The van der Waals surface area contributed by atoms with Crippen molar-refractivity contribution in [3.8, 4) is 0 Å². The number of morpholine rings is 1. The van der Waals surface area contributed by atoms with Crippen molar-refractivity contribution in [2.75, 3.05) is 39.4 Å². The first-order valence-electron chi connectivity index (χ1n) is 11.4. The summed E-state index contributed by atoms with van der Waals surface area (Å²) in [7, 11) is 0.